The highest BCUT2D eigenvalue weighted by atomic mass is 32.2. The second-order valence-electron chi connectivity index (χ2n) is 7.40. The zero-order valence-electron chi connectivity index (χ0n) is 17.8. The van der Waals surface area contributed by atoms with Crippen LogP contribution in [0, 0.1) is 5.92 Å². The summed E-state index contributed by atoms with van der Waals surface area (Å²) < 4.78 is 37.4. The van der Waals surface area contributed by atoms with Gasteiger partial charge in [-0.05, 0) is 49.4 Å². The van der Waals surface area contributed by atoms with Crippen molar-refractivity contribution in [2.45, 2.75) is 24.2 Å². The van der Waals surface area contributed by atoms with Gasteiger partial charge in [-0.15, -0.1) is 0 Å². The maximum absolute atomic E-state index is 12.7. The highest BCUT2D eigenvalue weighted by Gasteiger charge is 2.29. The highest BCUT2D eigenvalue weighted by Crippen LogP contribution is 2.29. The minimum absolute atomic E-state index is 0.295. The second kappa shape index (κ2) is 10.5. The molecule has 0 bridgehead atoms. The predicted molar refractivity (Wildman–Crippen MR) is 119 cm³/mol. The molecule has 9 heteroatoms. The SMILES string of the molecule is COc1ccc(NC(=O)NCCC2CCN(S(=O)(=O)c3ccccc3)CC2)cc1OC. The fourth-order valence-corrected chi connectivity index (χ4v) is 5.15. The third-order valence-electron chi connectivity index (χ3n) is 5.43. The molecule has 2 aromatic carbocycles. The van der Waals surface area contributed by atoms with E-state index in [4.69, 9.17) is 9.47 Å². The van der Waals surface area contributed by atoms with Crippen LogP contribution in [0.1, 0.15) is 19.3 Å². The minimum Gasteiger partial charge on any atom is -0.493 e. The first-order valence-corrected chi connectivity index (χ1v) is 11.7. The number of nitrogens with one attached hydrogen (secondary N) is 2. The average molecular weight is 448 g/mol. The molecule has 2 N–H and O–H groups in total. The molecule has 8 nitrogen and oxygen atoms in total. The number of ether oxygens (including phenoxy) is 2. The number of rotatable bonds is 8. The van der Waals surface area contributed by atoms with Crippen molar-refractivity contribution in [3.8, 4) is 11.5 Å². The summed E-state index contributed by atoms with van der Waals surface area (Å²) in [5.41, 5.74) is 0.606. The van der Waals surface area contributed by atoms with Crippen LogP contribution in [0.25, 0.3) is 0 Å². The fraction of sp³-hybridized carbons (Fsp3) is 0.409. The Labute approximate surface area is 183 Å². The van der Waals surface area contributed by atoms with Crippen LogP contribution < -0.4 is 20.1 Å². The Morgan fingerprint density at radius 1 is 1.03 bits per heavy atom. The van der Waals surface area contributed by atoms with E-state index in [9.17, 15) is 13.2 Å². The van der Waals surface area contributed by atoms with Gasteiger partial charge in [0.2, 0.25) is 10.0 Å². The molecule has 168 valence electrons. The molecule has 0 aromatic heterocycles. The minimum atomic E-state index is -3.43. The summed E-state index contributed by atoms with van der Waals surface area (Å²) in [5.74, 6) is 1.51. The molecule has 1 aliphatic rings. The standard InChI is InChI=1S/C22H29N3O5S/c1-29-20-9-8-18(16-21(20)30-2)24-22(26)23-13-10-17-11-14-25(15-12-17)31(27,28)19-6-4-3-5-7-19/h3-9,16-17H,10-15H2,1-2H3,(H2,23,24,26). The number of amides is 2. The topological polar surface area (TPSA) is 97.0 Å². The summed E-state index contributed by atoms with van der Waals surface area (Å²) in [6, 6.07) is 13.4. The summed E-state index contributed by atoms with van der Waals surface area (Å²) in [6.07, 6.45) is 2.37. The van der Waals surface area contributed by atoms with E-state index in [-0.39, 0.29) is 6.03 Å². The van der Waals surface area contributed by atoms with Crippen molar-refractivity contribution >= 4 is 21.7 Å². The van der Waals surface area contributed by atoms with Crippen molar-refractivity contribution in [2.24, 2.45) is 5.92 Å². The Hall–Kier alpha value is -2.78. The second-order valence-corrected chi connectivity index (χ2v) is 9.34. The Bertz CT molecular complexity index is 974. The number of sulfonamides is 1. The van der Waals surface area contributed by atoms with Crippen LogP contribution in [0.3, 0.4) is 0 Å². The van der Waals surface area contributed by atoms with Crippen molar-refractivity contribution in [1.29, 1.82) is 0 Å². The molecule has 31 heavy (non-hydrogen) atoms. The molecular weight excluding hydrogens is 418 g/mol. The van der Waals surface area contributed by atoms with Gasteiger partial charge >= 0.3 is 6.03 Å². The molecule has 0 saturated carbocycles. The van der Waals surface area contributed by atoms with Crippen LogP contribution in [0.4, 0.5) is 10.5 Å². The number of piperidine rings is 1. The van der Waals surface area contributed by atoms with Crippen molar-refractivity contribution < 1.29 is 22.7 Å². The molecule has 2 amide bonds. The van der Waals surface area contributed by atoms with Gasteiger partial charge in [-0.3, -0.25) is 0 Å². The highest BCUT2D eigenvalue weighted by molar-refractivity contribution is 7.89. The Morgan fingerprint density at radius 3 is 2.35 bits per heavy atom. The number of carbonyl (C=O) groups is 1. The van der Waals surface area contributed by atoms with Crippen molar-refractivity contribution in [2.75, 3.05) is 39.2 Å². The first-order chi connectivity index (χ1) is 14.9. The van der Waals surface area contributed by atoms with Crippen LogP contribution in [0.2, 0.25) is 0 Å². The summed E-state index contributed by atoms with van der Waals surface area (Å²) in [5, 5.41) is 5.64. The lowest BCUT2D eigenvalue weighted by Gasteiger charge is -2.31. The van der Waals surface area contributed by atoms with E-state index in [1.54, 1.807) is 59.9 Å². The van der Waals surface area contributed by atoms with Gasteiger partial charge < -0.3 is 20.1 Å². The van der Waals surface area contributed by atoms with Crippen molar-refractivity contribution in [3.05, 3.63) is 48.5 Å². The number of hydrogen-bond acceptors (Lipinski definition) is 5. The monoisotopic (exact) mass is 447 g/mol. The van der Waals surface area contributed by atoms with Crippen LogP contribution >= 0.6 is 0 Å². The zero-order chi connectivity index (χ0) is 22.3. The van der Waals surface area contributed by atoms with Gasteiger partial charge in [-0.2, -0.15) is 4.31 Å². The number of nitrogens with zero attached hydrogens (tertiary/aromatic N) is 1. The number of urea groups is 1. The van der Waals surface area contributed by atoms with E-state index in [1.165, 1.54) is 7.11 Å². The van der Waals surface area contributed by atoms with Crippen LogP contribution in [0.15, 0.2) is 53.4 Å². The number of hydrogen-bond donors (Lipinski definition) is 2. The first kappa shape index (κ1) is 22.9. The van der Waals surface area contributed by atoms with Gasteiger partial charge in [-0.1, -0.05) is 18.2 Å². The summed E-state index contributed by atoms with van der Waals surface area (Å²) in [6.45, 7) is 1.52. The van der Waals surface area contributed by atoms with E-state index in [1.807, 2.05) is 0 Å². The van der Waals surface area contributed by atoms with Crippen LogP contribution in [0.5, 0.6) is 11.5 Å². The normalized spacial score (nSPS) is 15.3. The average Bonchev–Trinajstić information content (AvgIpc) is 2.80. The molecule has 1 saturated heterocycles. The molecule has 0 aliphatic carbocycles. The molecule has 3 rings (SSSR count). The number of carbonyl (C=O) groups excluding carboxylic acids is 1. The molecule has 0 spiro atoms. The van der Waals surface area contributed by atoms with Gasteiger partial charge in [0.1, 0.15) is 0 Å². The van der Waals surface area contributed by atoms with E-state index in [2.05, 4.69) is 10.6 Å². The van der Waals surface area contributed by atoms with Gasteiger partial charge in [0.15, 0.2) is 11.5 Å². The van der Waals surface area contributed by atoms with Gasteiger partial charge in [-0.25, -0.2) is 13.2 Å². The Morgan fingerprint density at radius 2 is 1.71 bits per heavy atom. The molecule has 1 fully saturated rings. The zero-order valence-corrected chi connectivity index (χ0v) is 18.7. The van der Waals surface area contributed by atoms with Gasteiger partial charge in [0, 0.05) is 31.4 Å². The predicted octanol–water partition coefficient (Wildman–Crippen LogP) is 3.32. The van der Waals surface area contributed by atoms with Crippen molar-refractivity contribution in [1.82, 2.24) is 9.62 Å². The first-order valence-electron chi connectivity index (χ1n) is 10.3. The quantitative estimate of drug-likeness (QED) is 0.647. The smallest absolute Gasteiger partial charge is 0.319 e. The molecular formula is C22H29N3O5S. The number of anilines is 1. The molecule has 0 radical (unpaired) electrons. The Balaban J connectivity index is 1.41. The van der Waals surface area contributed by atoms with Crippen LogP contribution in [-0.4, -0.2) is 52.6 Å². The van der Waals surface area contributed by atoms with E-state index in [0.717, 1.165) is 19.3 Å². The third kappa shape index (κ3) is 5.89. The maximum atomic E-state index is 12.7. The van der Waals surface area contributed by atoms with E-state index >= 15 is 0 Å². The Kier molecular flexibility index (Phi) is 7.75. The molecule has 1 aliphatic heterocycles. The largest absolute Gasteiger partial charge is 0.493 e. The summed E-state index contributed by atoms with van der Waals surface area (Å²) >= 11 is 0. The number of methoxy groups -OCH3 is 2. The lowest BCUT2D eigenvalue weighted by molar-refractivity contribution is 0.245. The third-order valence-corrected chi connectivity index (χ3v) is 7.35. The fourth-order valence-electron chi connectivity index (χ4n) is 3.66. The lowest BCUT2D eigenvalue weighted by Crippen LogP contribution is -2.39. The molecule has 2 aromatic rings. The van der Waals surface area contributed by atoms with Gasteiger partial charge in [0.25, 0.3) is 0 Å². The molecule has 1 heterocycles. The molecule has 0 unspecified atom stereocenters. The maximum Gasteiger partial charge on any atom is 0.319 e. The van der Waals surface area contributed by atoms with E-state index < -0.39 is 10.0 Å². The lowest BCUT2D eigenvalue weighted by atomic mass is 9.95. The summed E-state index contributed by atoms with van der Waals surface area (Å²) in [4.78, 5) is 12.5. The number of benzene rings is 2. The molecule has 0 atom stereocenters. The van der Waals surface area contributed by atoms with Gasteiger partial charge in [0.05, 0.1) is 19.1 Å². The van der Waals surface area contributed by atoms with Crippen LogP contribution in [-0.2, 0) is 10.0 Å². The van der Waals surface area contributed by atoms with E-state index in [0.29, 0.717) is 47.6 Å². The van der Waals surface area contributed by atoms with Crippen molar-refractivity contribution in [3.63, 3.8) is 0 Å². The summed E-state index contributed by atoms with van der Waals surface area (Å²) in [7, 11) is -0.336.